The van der Waals surface area contributed by atoms with E-state index in [1.807, 2.05) is 6.07 Å². The van der Waals surface area contributed by atoms with Crippen LogP contribution in [0.4, 0.5) is 11.5 Å². The lowest BCUT2D eigenvalue weighted by Crippen LogP contribution is -2.14. The summed E-state index contributed by atoms with van der Waals surface area (Å²) in [6.07, 6.45) is 1.67. The van der Waals surface area contributed by atoms with Crippen LogP contribution < -0.4 is 10.5 Å². The molecule has 108 valence electrons. The maximum atomic E-state index is 12.5. The van der Waals surface area contributed by atoms with Gasteiger partial charge in [-0.15, -0.1) is 0 Å². The Balaban J connectivity index is 2.10. The number of hydrogen-bond acceptors (Lipinski definition) is 4. The summed E-state index contributed by atoms with van der Waals surface area (Å²) in [5, 5.41) is 5.42. The Hall–Kier alpha value is -2.54. The summed E-state index contributed by atoms with van der Waals surface area (Å²) < 4.78 is 29.0. The van der Waals surface area contributed by atoms with Crippen molar-refractivity contribution in [2.75, 3.05) is 10.5 Å². The number of nitrogens with one attached hydrogen (secondary N) is 1. The quantitative estimate of drug-likeness (QED) is 0.724. The molecule has 3 rings (SSSR count). The number of aryl methyl sites for hydroxylation is 1. The lowest BCUT2D eigenvalue weighted by molar-refractivity contribution is 0.601. The largest absolute Gasteiger partial charge is 0.399 e. The van der Waals surface area contributed by atoms with Gasteiger partial charge in [0.2, 0.25) is 0 Å². The van der Waals surface area contributed by atoms with E-state index in [9.17, 15) is 8.42 Å². The fraction of sp³-hybridized carbons (Fsp3) is 0.0714. The molecule has 0 radical (unpaired) electrons. The molecule has 0 aliphatic rings. The van der Waals surface area contributed by atoms with Gasteiger partial charge in [0.15, 0.2) is 5.82 Å². The molecule has 0 aliphatic carbocycles. The molecule has 0 bridgehead atoms. The molecular weight excluding hydrogens is 288 g/mol. The first kappa shape index (κ1) is 13.4. The number of rotatable bonds is 3. The van der Waals surface area contributed by atoms with Gasteiger partial charge < -0.3 is 5.73 Å². The molecule has 0 amide bonds. The molecule has 0 saturated heterocycles. The molecule has 0 unspecified atom stereocenters. The van der Waals surface area contributed by atoms with Gasteiger partial charge >= 0.3 is 0 Å². The average molecular weight is 302 g/mol. The Labute approximate surface area is 122 Å². The molecule has 6 nitrogen and oxygen atoms in total. The SMILES string of the molecule is Cn1ccc(NS(=O)(=O)c2cccc3cc(N)ccc23)n1. The first-order valence-electron chi connectivity index (χ1n) is 6.26. The van der Waals surface area contributed by atoms with E-state index in [4.69, 9.17) is 5.73 Å². The van der Waals surface area contributed by atoms with Crippen LogP contribution in [0.15, 0.2) is 53.6 Å². The van der Waals surface area contributed by atoms with Gasteiger partial charge in [0.1, 0.15) is 0 Å². The minimum atomic E-state index is -3.71. The smallest absolute Gasteiger partial charge is 0.263 e. The highest BCUT2D eigenvalue weighted by Crippen LogP contribution is 2.26. The molecule has 0 saturated carbocycles. The first-order valence-corrected chi connectivity index (χ1v) is 7.75. The van der Waals surface area contributed by atoms with Crippen LogP contribution >= 0.6 is 0 Å². The van der Waals surface area contributed by atoms with E-state index in [0.29, 0.717) is 11.1 Å². The van der Waals surface area contributed by atoms with Crippen molar-refractivity contribution in [2.45, 2.75) is 4.90 Å². The highest BCUT2D eigenvalue weighted by molar-refractivity contribution is 7.93. The number of nitrogens with two attached hydrogens (primary N) is 1. The number of nitrogen functional groups attached to an aromatic ring is 1. The van der Waals surface area contributed by atoms with Crippen LogP contribution in [0.25, 0.3) is 10.8 Å². The van der Waals surface area contributed by atoms with Crippen LogP contribution in [0.5, 0.6) is 0 Å². The minimum absolute atomic E-state index is 0.200. The summed E-state index contributed by atoms with van der Waals surface area (Å²) in [6, 6.07) is 11.8. The average Bonchev–Trinajstić information content (AvgIpc) is 2.82. The Morgan fingerprint density at radius 2 is 2.00 bits per heavy atom. The van der Waals surface area contributed by atoms with Crippen molar-refractivity contribution < 1.29 is 8.42 Å². The molecule has 0 spiro atoms. The number of hydrogen-bond donors (Lipinski definition) is 2. The normalized spacial score (nSPS) is 11.7. The number of nitrogens with zero attached hydrogens (tertiary/aromatic N) is 2. The van der Waals surface area contributed by atoms with Gasteiger partial charge in [-0.1, -0.05) is 18.2 Å². The van der Waals surface area contributed by atoms with E-state index < -0.39 is 10.0 Å². The summed E-state index contributed by atoms with van der Waals surface area (Å²) in [6.45, 7) is 0. The molecule has 3 aromatic rings. The van der Waals surface area contributed by atoms with Crippen molar-refractivity contribution in [3.63, 3.8) is 0 Å². The Morgan fingerprint density at radius 1 is 1.19 bits per heavy atom. The van der Waals surface area contributed by atoms with Crippen molar-refractivity contribution >= 4 is 32.3 Å². The van der Waals surface area contributed by atoms with Gasteiger partial charge in [0.25, 0.3) is 10.0 Å². The second-order valence-corrected chi connectivity index (χ2v) is 6.37. The molecule has 0 fully saturated rings. The van der Waals surface area contributed by atoms with Crippen LogP contribution in [0.1, 0.15) is 0 Å². The predicted octanol–water partition coefficient (Wildman–Crippen LogP) is 1.96. The third-order valence-electron chi connectivity index (χ3n) is 3.11. The maximum Gasteiger partial charge on any atom is 0.263 e. The van der Waals surface area contributed by atoms with Crippen molar-refractivity contribution in [1.82, 2.24) is 9.78 Å². The van der Waals surface area contributed by atoms with Gasteiger partial charge in [0.05, 0.1) is 4.90 Å². The zero-order chi connectivity index (χ0) is 15.0. The number of aromatic nitrogens is 2. The van der Waals surface area contributed by atoms with E-state index >= 15 is 0 Å². The van der Waals surface area contributed by atoms with Crippen LogP contribution in [-0.4, -0.2) is 18.2 Å². The molecule has 0 aliphatic heterocycles. The van der Waals surface area contributed by atoms with Crippen molar-refractivity contribution in [2.24, 2.45) is 7.05 Å². The molecule has 0 atom stereocenters. The lowest BCUT2D eigenvalue weighted by Gasteiger charge is -2.09. The number of benzene rings is 2. The zero-order valence-corrected chi connectivity index (χ0v) is 12.1. The molecule has 1 heterocycles. The minimum Gasteiger partial charge on any atom is -0.399 e. The van der Waals surface area contributed by atoms with E-state index in [1.165, 1.54) is 4.68 Å². The van der Waals surface area contributed by atoms with Crippen LogP contribution in [-0.2, 0) is 17.1 Å². The summed E-state index contributed by atoms with van der Waals surface area (Å²) in [7, 11) is -1.99. The summed E-state index contributed by atoms with van der Waals surface area (Å²) >= 11 is 0. The predicted molar refractivity (Wildman–Crippen MR) is 82.4 cm³/mol. The van der Waals surface area contributed by atoms with Crippen LogP contribution in [0.2, 0.25) is 0 Å². The topological polar surface area (TPSA) is 90.0 Å². The van der Waals surface area contributed by atoms with Crippen molar-refractivity contribution in [3.05, 3.63) is 48.7 Å². The van der Waals surface area contributed by atoms with E-state index in [-0.39, 0.29) is 10.7 Å². The van der Waals surface area contributed by atoms with E-state index in [1.54, 1.807) is 49.6 Å². The number of fused-ring (bicyclic) bond motifs is 1. The second kappa shape index (κ2) is 4.78. The fourth-order valence-corrected chi connectivity index (χ4v) is 3.40. The molecule has 21 heavy (non-hydrogen) atoms. The molecule has 1 aromatic heterocycles. The van der Waals surface area contributed by atoms with Crippen molar-refractivity contribution in [1.29, 1.82) is 0 Å². The van der Waals surface area contributed by atoms with E-state index in [2.05, 4.69) is 9.82 Å². The van der Waals surface area contributed by atoms with Crippen LogP contribution in [0.3, 0.4) is 0 Å². The highest BCUT2D eigenvalue weighted by atomic mass is 32.2. The van der Waals surface area contributed by atoms with Crippen LogP contribution in [0, 0.1) is 0 Å². The summed E-state index contributed by atoms with van der Waals surface area (Å²) in [5.41, 5.74) is 6.32. The second-order valence-electron chi connectivity index (χ2n) is 4.72. The summed E-state index contributed by atoms with van der Waals surface area (Å²) in [4.78, 5) is 0.200. The first-order chi connectivity index (χ1) is 9.95. The molecule has 3 N–H and O–H groups in total. The third-order valence-corrected chi connectivity index (χ3v) is 4.52. The fourth-order valence-electron chi connectivity index (χ4n) is 2.17. The Bertz CT molecular complexity index is 916. The zero-order valence-electron chi connectivity index (χ0n) is 11.3. The van der Waals surface area contributed by atoms with Gasteiger partial charge in [-0.25, -0.2) is 8.42 Å². The number of sulfonamides is 1. The lowest BCUT2D eigenvalue weighted by atomic mass is 10.1. The third kappa shape index (κ3) is 2.55. The van der Waals surface area contributed by atoms with Gasteiger partial charge in [-0.3, -0.25) is 9.40 Å². The Kier molecular flexibility index (Phi) is 3.06. The van der Waals surface area contributed by atoms with Gasteiger partial charge in [-0.05, 0) is 23.6 Å². The van der Waals surface area contributed by atoms with Gasteiger partial charge in [0, 0.05) is 30.4 Å². The number of anilines is 2. The maximum absolute atomic E-state index is 12.5. The molecular formula is C14H14N4O2S. The molecule has 7 heteroatoms. The highest BCUT2D eigenvalue weighted by Gasteiger charge is 2.18. The van der Waals surface area contributed by atoms with Gasteiger partial charge in [-0.2, -0.15) is 5.10 Å². The van der Waals surface area contributed by atoms with E-state index in [0.717, 1.165) is 5.39 Å². The Morgan fingerprint density at radius 3 is 2.71 bits per heavy atom. The summed E-state index contributed by atoms with van der Waals surface area (Å²) in [5.74, 6) is 0.282. The monoisotopic (exact) mass is 302 g/mol. The molecule has 2 aromatic carbocycles. The van der Waals surface area contributed by atoms with Crippen molar-refractivity contribution in [3.8, 4) is 0 Å². The standard InChI is InChI=1S/C14H14N4O2S/c1-18-8-7-14(16-18)17-21(19,20)13-4-2-3-10-9-11(15)5-6-12(10)13/h2-9H,15H2,1H3,(H,16,17).